The zero-order valence-electron chi connectivity index (χ0n) is 20.9. The number of hydrogen-bond acceptors (Lipinski definition) is 4. The fourth-order valence-electron chi connectivity index (χ4n) is 5.37. The van der Waals surface area contributed by atoms with E-state index >= 15 is 0 Å². The zero-order valence-corrected chi connectivity index (χ0v) is 20.9. The minimum Gasteiger partial charge on any atom is -0.449 e. The molecule has 3 aromatic carbocycles. The van der Waals surface area contributed by atoms with Crippen molar-refractivity contribution in [1.82, 2.24) is 4.90 Å². The van der Waals surface area contributed by atoms with Crippen molar-refractivity contribution in [2.75, 3.05) is 37.7 Å². The average molecular weight is 520 g/mol. The van der Waals surface area contributed by atoms with Crippen molar-refractivity contribution in [3.63, 3.8) is 0 Å². The summed E-state index contributed by atoms with van der Waals surface area (Å²) in [4.78, 5) is 19.2. The molecule has 0 radical (unpaired) electrons. The summed E-state index contributed by atoms with van der Waals surface area (Å²) in [6.45, 7) is -1.74. The lowest BCUT2D eigenvalue weighted by Crippen LogP contribution is -2.49. The highest BCUT2D eigenvalue weighted by molar-refractivity contribution is 6.57. The average Bonchev–Trinajstić information content (AvgIpc) is 3.22. The van der Waals surface area contributed by atoms with Crippen LogP contribution in [-0.2, 0) is 11.1 Å². The van der Waals surface area contributed by atoms with Crippen LogP contribution in [-0.4, -0.2) is 50.8 Å². The van der Waals surface area contributed by atoms with Crippen molar-refractivity contribution < 1.29 is 22.5 Å². The number of fused-ring (bicyclic) bond motifs is 3. The van der Waals surface area contributed by atoms with Gasteiger partial charge in [-0.3, -0.25) is 0 Å². The van der Waals surface area contributed by atoms with Crippen LogP contribution in [0.1, 0.15) is 28.2 Å². The van der Waals surface area contributed by atoms with Gasteiger partial charge in [0.05, 0.1) is 0 Å². The highest BCUT2D eigenvalue weighted by Gasteiger charge is 2.31. The molecule has 0 saturated carbocycles. The number of nitrogens with zero attached hydrogens (tertiary/aromatic N) is 5. The molecule has 196 valence electrons. The summed E-state index contributed by atoms with van der Waals surface area (Å²) in [7, 11) is 0. The second-order valence-electron chi connectivity index (χ2n) is 9.63. The molecule has 1 aliphatic heterocycles. The van der Waals surface area contributed by atoms with Gasteiger partial charge in [0.25, 0.3) is 0 Å². The Labute approximate surface area is 218 Å². The van der Waals surface area contributed by atoms with Gasteiger partial charge in [0.1, 0.15) is 6.61 Å². The molecule has 0 atom stereocenters. The van der Waals surface area contributed by atoms with Gasteiger partial charge in [0.2, 0.25) is 0 Å². The molecule has 3 aromatic rings. The third-order valence-corrected chi connectivity index (χ3v) is 7.32. The molecule has 1 saturated heterocycles. The van der Waals surface area contributed by atoms with Crippen molar-refractivity contribution in [2.24, 2.45) is 5.11 Å². The highest BCUT2D eigenvalue weighted by Crippen LogP contribution is 2.44. The molecular formula is C27H26BF3N5O2-. The van der Waals surface area contributed by atoms with Crippen LogP contribution in [0, 0.1) is 6.92 Å². The minimum absolute atomic E-state index is 0.0343. The molecule has 1 fully saturated rings. The molecule has 11 heteroatoms. The van der Waals surface area contributed by atoms with Gasteiger partial charge in [-0.15, -0.1) is 0 Å². The van der Waals surface area contributed by atoms with Crippen LogP contribution in [0.25, 0.3) is 21.6 Å². The lowest BCUT2D eigenvalue weighted by molar-refractivity contribution is 0.0977. The summed E-state index contributed by atoms with van der Waals surface area (Å²) in [5, 5.41) is 3.60. The quantitative estimate of drug-likeness (QED) is 0.153. The molecule has 0 spiro atoms. The van der Waals surface area contributed by atoms with E-state index in [-0.39, 0.29) is 23.8 Å². The minimum atomic E-state index is -5.05. The molecule has 0 aromatic heterocycles. The molecule has 0 unspecified atom stereocenters. The van der Waals surface area contributed by atoms with Crippen LogP contribution in [0.15, 0.2) is 65.8 Å². The van der Waals surface area contributed by atoms with Crippen LogP contribution in [0.2, 0.25) is 0 Å². The highest BCUT2D eigenvalue weighted by atomic mass is 19.4. The normalized spacial score (nSPS) is 15.1. The Balaban J connectivity index is 1.24. The van der Waals surface area contributed by atoms with Gasteiger partial charge in [-0.25, -0.2) is 4.79 Å². The van der Waals surface area contributed by atoms with Crippen LogP contribution in [0.4, 0.5) is 29.1 Å². The van der Waals surface area contributed by atoms with Crippen molar-refractivity contribution >= 4 is 24.4 Å². The van der Waals surface area contributed by atoms with Crippen LogP contribution < -0.4 is 4.90 Å². The van der Waals surface area contributed by atoms with Gasteiger partial charge in [-0.05, 0) is 52.4 Å². The molecule has 5 rings (SSSR count). The number of azide groups is 1. The second kappa shape index (κ2) is 10.3. The lowest BCUT2D eigenvalue weighted by Gasteiger charge is -2.36. The maximum Gasteiger partial charge on any atom is 0.482 e. The van der Waals surface area contributed by atoms with E-state index in [2.05, 4.69) is 34.3 Å². The summed E-state index contributed by atoms with van der Waals surface area (Å²) in [6, 6.07) is 19.4. The molecule has 38 heavy (non-hydrogen) atoms. The third kappa shape index (κ3) is 5.15. The van der Waals surface area contributed by atoms with Crippen molar-refractivity contribution in [3.05, 3.63) is 93.4 Å². The summed E-state index contributed by atoms with van der Waals surface area (Å²) >= 11 is 0. The third-order valence-electron chi connectivity index (χ3n) is 7.32. The van der Waals surface area contributed by atoms with Gasteiger partial charge in [-0.1, -0.05) is 65.5 Å². The topological polar surface area (TPSA) is 81.5 Å². The fourth-order valence-corrected chi connectivity index (χ4v) is 5.37. The second-order valence-corrected chi connectivity index (χ2v) is 9.63. The van der Waals surface area contributed by atoms with Gasteiger partial charge in [-0.2, -0.15) is 0 Å². The van der Waals surface area contributed by atoms with Crippen LogP contribution in [0.5, 0.6) is 0 Å². The fraction of sp³-hybridized carbons (Fsp3) is 0.296. The standard InChI is InChI=1S/C27H26BF3N5O2/c1-18-19(16-28(29,30)31)14-20(15-26(18)33-34-32)35-10-12-36(13-11-35)27(37)38-17-25-23-8-4-2-6-21(23)22-7-3-5-9-24(22)25/h2-9,14-15,25H,10-13,16-17H2,1H3/q-1. The molecule has 1 aliphatic carbocycles. The summed E-state index contributed by atoms with van der Waals surface area (Å²) < 4.78 is 45.3. The Morgan fingerprint density at radius 3 is 2.21 bits per heavy atom. The van der Waals surface area contributed by atoms with Crippen molar-refractivity contribution in [2.45, 2.75) is 19.2 Å². The van der Waals surface area contributed by atoms with E-state index in [9.17, 15) is 17.7 Å². The molecule has 1 amide bonds. The first kappa shape index (κ1) is 25.5. The number of rotatable bonds is 6. The lowest BCUT2D eigenvalue weighted by atomic mass is 9.80. The number of carbonyl (C=O) groups excluding carboxylic acids is 1. The van der Waals surface area contributed by atoms with Crippen LogP contribution >= 0.6 is 0 Å². The van der Waals surface area contributed by atoms with E-state index in [0.29, 0.717) is 37.4 Å². The smallest absolute Gasteiger partial charge is 0.449 e. The van der Waals surface area contributed by atoms with Crippen molar-refractivity contribution in [1.29, 1.82) is 0 Å². The van der Waals surface area contributed by atoms with E-state index < -0.39 is 19.4 Å². The Morgan fingerprint density at radius 1 is 1.03 bits per heavy atom. The monoisotopic (exact) mass is 520 g/mol. The Bertz CT molecular complexity index is 1370. The van der Waals surface area contributed by atoms with Gasteiger partial charge < -0.3 is 27.5 Å². The SMILES string of the molecule is Cc1c(C[B-](F)(F)F)cc(N2CCN(C(=O)OCC3c4ccccc4-c4ccccc43)CC2)cc1N=[N+]=[N-]. The number of carbonyl (C=O) groups is 1. The van der Waals surface area contributed by atoms with Gasteiger partial charge in [0, 0.05) is 48.4 Å². The number of piperazine rings is 1. The zero-order chi connectivity index (χ0) is 26.9. The number of anilines is 1. The molecule has 2 aliphatic rings. The number of benzene rings is 3. The number of ether oxygens (including phenoxy) is 1. The number of hydrogen-bond donors (Lipinski definition) is 0. The predicted molar refractivity (Wildman–Crippen MR) is 142 cm³/mol. The number of amides is 1. The first-order chi connectivity index (χ1) is 18.2. The van der Waals surface area contributed by atoms with Gasteiger partial charge in [0.15, 0.2) is 0 Å². The van der Waals surface area contributed by atoms with Crippen LogP contribution in [0.3, 0.4) is 0 Å². The largest absolute Gasteiger partial charge is 0.482 e. The predicted octanol–water partition coefficient (Wildman–Crippen LogP) is 6.94. The molecule has 7 nitrogen and oxygen atoms in total. The molecule has 0 bridgehead atoms. The van der Waals surface area contributed by atoms with E-state index in [1.54, 1.807) is 11.0 Å². The molecule has 1 heterocycles. The molecular weight excluding hydrogens is 494 g/mol. The molecule has 0 N–H and O–H groups in total. The van der Waals surface area contributed by atoms with E-state index in [1.807, 2.05) is 29.2 Å². The summed E-state index contributed by atoms with van der Waals surface area (Å²) in [5.41, 5.74) is 14.6. The first-order valence-electron chi connectivity index (χ1n) is 12.5. The Hall–Kier alpha value is -4.11. The first-order valence-corrected chi connectivity index (χ1v) is 12.5. The summed E-state index contributed by atoms with van der Waals surface area (Å²) in [6.07, 6.45) is -1.46. The maximum absolute atomic E-state index is 13.2. The van der Waals surface area contributed by atoms with E-state index in [1.165, 1.54) is 13.0 Å². The van der Waals surface area contributed by atoms with Crippen molar-refractivity contribution in [3.8, 4) is 11.1 Å². The van der Waals surface area contributed by atoms with Gasteiger partial charge >= 0.3 is 13.1 Å². The summed E-state index contributed by atoms with van der Waals surface area (Å²) in [5.74, 6) is -0.0343. The van der Waals surface area contributed by atoms with E-state index in [4.69, 9.17) is 10.3 Å². The van der Waals surface area contributed by atoms with E-state index in [0.717, 1.165) is 22.3 Å². The number of halogens is 3. The Kier molecular flexibility index (Phi) is 6.95. The maximum atomic E-state index is 13.2. The Morgan fingerprint density at radius 2 is 1.63 bits per heavy atom.